The average Bonchev–Trinajstić information content (AvgIpc) is 2.87. The second-order valence-electron chi connectivity index (χ2n) is 5.27. The number of rotatable bonds is 5. The van der Waals surface area contributed by atoms with Gasteiger partial charge in [0.25, 0.3) is 0 Å². The van der Waals surface area contributed by atoms with Gasteiger partial charge in [0, 0.05) is 39.8 Å². The van der Waals surface area contributed by atoms with E-state index in [0.717, 1.165) is 0 Å². The van der Waals surface area contributed by atoms with E-state index in [1.54, 1.807) is 21.0 Å². The maximum absolute atomic E-state index is 12.7. The van der Waals surface area contributed by atoms with E-state index in [2.05, 4.69) is 10.5 Å². The predicted molar refractivity (Wildman–Crippen MR) is 88.8 cm³/mol. The molecule has 1 aliphatic heterocycles. The number of hydrogen-bond donors (Lipinski definition) is 1. The number of aromatic nitrogens is 1. The lowest BCUT2D eigenvalue weighted by Crippen LogP contribution is -2.53. The van der Waals surface area contributed by atoms with Gasteiger partial charge in [0.15, 0.2) is 10.9 Å². The largest absolute Gasteiger partial charge is 0.383 e. The summed E-state index contributed by atoms with van der Waals surface area (Å²) in [5, 5.41) is 7.44. The molecule has 1 aromatic rings. The Morgan fingerprint density at radius 2 is 2.00 bits per heavy atom. The van der Waals surface area contributed by atoms with E-state index < -0.39 is 10.0 Å². The van der Waals surface area contributed by atoms with Crippen LogP contribution in [0.5, 0.6) is 0 Å². The highest BCUT2D eigenvalue weighted by molar-refractivity contribution is 7.89. The van der Waals surface area contributed by atoms with Crippen molar-refractivity contribution in [3.05, 3.63) is 11.5 Å². The second kappa shape index (κ2) is 7.56. The van der Waals surface area contributed by atoms with Crippen molar-refractivity contribution in [3.63, 3.8) is 0 Å². The number of aryl methyl sites for hydroxylation is 2. The number of hydrogen-bond acceptors (Lipinski definition) is 6. The molecule has 2 heterocycles. The van der Waals surface area contributed by atoms with Gasteiger partial charge in [0.1, 0.15) is 10.6 Å². The molecule has 1 aromatic heterocycles. The van der Waals surface area contributed by atoms with Gasteiger partial charge in [0.05, 0.1) is 6.61 Å². The first-order chi connectivity index (χ1) is 10.9. The molecule has 0 saturated carbocycles. The first-order valence-corrected chi connectivity index (χ1v) is 9.17. The fourth-order valence-electron chi connectivity index (χ4n) is 2.48. The Hall–Kier alpha value is -1.23. The van der Waals surface area contributed by atoms with Gasteiger partial charge < -0.3 is 19.5 Å². The van der Waals surface area contributed by atoms with Crippen molar-refractivity contribution in [2.24, 2.45) is 0 Å². The highest BCUT2D eigenvalue weighted by atomic mass is 32.2. The Kier molecular flexibility index (Phi) is 5.95. The molecule has 1 N–H and O–H groups in total. The van der Waals surface area contributed by atoms with Gasteiger partial charge in [-0.05, 0) is 26.1 Å². The molecule has 23 heavy (non-hydrogen) atoms. The summed E-state index contributed by atoms with van der Waals surface area (Å²) in [6.07, 6.45) is 0. The van der Waals surface area contributed by atoms with Crippen molar-refractivity contribution in [2.45, 2.75) is 18.7 Å². The summed E-state index contributed by atoms with van der Waals surface area (Å²) in [5.41, 5.74) is 0.390. The molecule has 1 saturated heterocycles. The summed E-state index contributed by atoms with van der Waals surface area (Å²) in [6.45, 7) is 6.28. The van der Waals surface area contributed by atoms with Crippen molar-refractivity contribution in [2.75, 3.05) is 46.4 Å². The predicted octanol–water partition coefficient (Wildman–Crippen LogP) is 0.119. The van der Waals surface area contributed by atoms with E-state index in [1.165, 1.54) is 4.31 Å². The first-order valence-electron chi connectivity index (χ1n) is 7.32. The minimum Gasteiger partial charge on any atom is -0.383 e. The van der Waals surface area contributed by atoms with Crippen LogP contribution in [0.4, 0.5) is 0 Å². The zero-order valence-corrected chi connectivity index (χ0v) is 15.2. The normalized spacial score (nSPS) is 16.6. The van der Waals surface area contributed by atoms with Crippen LogP contribution in [-0.2, 0) is 14.8 Å². The molecule has 10 heteroatoms. The van der Waals surface area contributed by atoms with Gasteiger partial charge in [-0.2, -0.15) is 4.31 Å². The number of thiocarbonyl (C=S) groups is 1. The molecule has 0 aromatic carbocycles. The average molecular weight is 362 g/mol. The van der Waals surface area contributed by atoms with E-state index in [1.807, 2.05) is 4.90 Å². The quantitative estimate of drug-likeness (QED) is 0.584. The molecular formula is C13H22N4O4S2. The molecule has 0 spiro atoms. The molecule has 130 valence electrons. The lowest BCUT2D eigenvalue weighted by molar-refractivity contribution is 0.201. The highest BCUT2D eigenvalue weighted by Gasteiger charge is 2.33. The molecule has 8 nitrogen and oxygen atoms in total. The van der Waals surface area contributed by atoms with Crippen molar-refractivity contribution in [1.29, 1.82) is 0 Å². The molecule has 1 fully saturated rings. The summed E-state index contributed by atoms with van der Waals surface area (Å²) in [4.78, 5) is 2.14. The lowest BCUT2D eigenvalue weighted by Gasteiger charge is -2.35. The number of methoxy groups -OCH3 is 1. The molecule has 0 radical (unpaired) electrons. The second-order valence-corrected chi connectivity index (χ2v) is 7.53. The van der Waals surface area contributed by atoms with Crippen LogP contribution in [0.25, 0.3) is 0 Å². The lowest BCUT2D eigenvalue weighted by atomic mass is 10.4. The zero-order chi connectivity index (χ0) is 17.0. The van der Waals surface area contributed by atoms with Crippen LogP contribution in [0, 0.1) is 13.8 Å². The van der Waals surface area contributed by atoms with Crippen LogP contribution in [0.15, 0.2) is 9.42 Å². The van der Waals surface area contributed by atoms with Gasteiger partial charge in [-0.3, -0.25) is 0 Å². The SMILES string of the molecule is COCCNC(=S)N1CCN(S(=O)(=O)c2c(C)noc2C)CC1. The molecule has 1 aliphatic rings. The van der Waals surface area contributed by atoms with Crippen LogP contribution in [0.1, 0.15) is 11.5 Å². The van der Waals surface area contributed by atoms with Crippen molar-refractivity contribution in [1.82, 2.24) is 19.7 Å². The third-order valence-electron chi connectivity index (χ3n) is 3.67. The fourth-order valence-corrected chi connectivity index (χ4v) is 4.47. The van der Waals surface area contributed by atoms with Gasteiger partial charge in [-0.25, -0.2) is 8.42 Å². The fraction of sp³-hybridized carbons (Fsp3) is 0.692. The van der Waals surface area contributed by atoms with Crippen LogP contribution in [0.3, 0.4) is 0 Å². The molecule has 0 bridgehead atoms. The van der Waals surface area contributed by atoms with Gasteiger partial charge in [-0.1, -0.05) is 5.16 Å². The summed E-state index contributed by atoms with van der Waals surface area (Å²) < 4.78 is 36.8. The summed E-state index contributed by atoms with van der Waals surface area (Å²) in [7, 11) is -1.96. The summed E-state index contributed by atoms with van der Waals surface area (Å²) in [5.74, 6) is 0.321. The van der Waals surface area contributed by atoms with Crippen molar-refractivity contribution >= 4 is 27.4 Å². The number of nitrogens with zero attached hydrogens (tertiary/aromatic N) is 3. The van der Waals surface area contributed by atoms with Crippen LogP contribution < -0.4 is 5.32 Å². The Morgan fingerprint density at radius 1 is 1.35 bits per heavy atom. The van der Waals surface area contributed by atoms with Gasteiger partial charge >= 0.3 is 0 Å². The van der Waals surface area contributed by atoms with E-state index >= 15 is 0 Å². The zero-order valence-electron chi connectivity index (χ0n) is 13.5. The molecule has 0 aliphatic carbocycles. The number of sulfonamides is 1. The van der Waals surface area contributed by atoms with E-state index in [4.69, 9.17) is 21.5 Å². The highest BCUT2D eigenvalue weighted by Crippen LogP contribution is 2.24. The van der Waals surface area contributed by atoms with Crippen molar-refractivity contribution in [3.8, 4) is 0 Å². The number of nitrogens with one attached hydrogen (secondary N) is 1. The Labute approximate surface area is 141 Å². The third-order valence-corrected chi connectivity index (χ3v) is 6.22. The Morgan fingerprint density at radius 3 is 2.52 bits per heavy atom. The van der Waals surface area contributed by atoms with Crippen LogP contribution in [0.2, 0.25) is 0 Å². The molecule has 2 rings (SSSR count). The van der Waals surface area contributed by atoms with E-state index in [9.17, 15) is 8.42 Å². The van der Waals surface area contributed by atoms with E-state index in [-0.39, 0.29) is 4.90 Å². The topological polar surface area (TPSA) is 87.9 Å². The maximum atomic E-state index is 12.7. The van der Waals surface area contributed by atoms with Crippen molar-refractivity contribution < 1.29 is 17.7 Å². The molecule has 0 amide bonds. The first kappa shape index (κ1) is 18.1. The minimum absolute atomic E-state index is 0.173. The third kappa shape index (κ3) is 4.00. The summed E-state index contributed by atoms with van der Waals surface area (Å²) >= 11 is 5.31. The standard InChI is InChI=1S/C13H22N4O4S2/c1-10-12(11(2)21-15-10)23(18,19)17-7-5-16(6-8-17)13(22)14-4-9-20-3/h4-9H2,1-3H3,(H,14,22). The smallest absolute Gasteiger partial charge is 0.248 e. The van der Waals surface area contributed by atoms with Crippen LogP contribution >= 0.6 is 12.2 Å². The molecule has 0 unspecified atom stereocenters. The number of ether oxygens (including phenoxy) is 1. The van der Waals surface area contributed by atoms with Crippen LogP contribution in [-0.4, -0.2) is 74.3 Å². The van der Waals surface area contributed by atoms with Gasteiger partial charge in [0.2, 0.25) is 10.0 Å². The van der Waals surface area contributed by atoms with E-state index in [0.29, 0.717) is 55.9 Å². The summed E-state index contributed by atoms with van der Waals surface area (Å²) in [6, 6.07) is 0. The molecular weight excluding hydrogens is 340 g/mol. The monoisotopic (exact) mass is 362 g/mol. The van der Waals surface area contributed by atoms with Gasteiger partial charge in [-0.15, -0.1) is 0 Å². The Bertz CT molecular complexity index is 631. The Balaban J connectivity index is 1.98. The maximum Gasteiger partial charge on any atom is 0.248 e. The molecule has 0 atom stereocenters. The minimum atomic E-state index is -3.58. The number of piperazine rings is 1.